The Bertz CT molecular complexity index is 416. The monoisotopic (exact) mass is 249 g/mol. The van der Waals surface area contributed by atoms with Gasteiger partial charge in [0.05, 0.1) is 7.11 Å². The molecule has 5 nitrogen and oxygen atoms in total. The molecule has 1 saturated heterocycles. The summed E-state index contributed by atoms with van der Waals surface area (Å²) < 4.78 is 5.32. The van der Waals surface area contributed by atoms with Crippen molar-refractivity contribution in [2.75, 3.05) is 33.3 Å². The molecule has 1 fully saturated rings. The Labute approximate surface area is 107 Å². The molecule has 1 aromatic rings. The Balaban J connectivity index is 2.31. The molecule has 0 spiro atoms. The average molecular weight is 249 g/mol. The topological polar surface area (TPSA) is 67.6 Å². The van der Waals surface area contributed by atoms with Crippen LogP contribution in [0.25, 0.3) is 0 Å². The number of nitrogens with zero attached hydrogens (tertiary/aromatic N) is 1. The maximum Gasteiger partial charge on any atom is 0.239 e. The lowest BCUT2D eigenvalue weighted by atomic mass is 10.0. The summed E-state index contributed by atoms with van der Waals surface area (Å²) in [7, 11) is 1.61. The number of primary amides is 1. The first kappa shape index (κ1) is 12.9. The summed E-state index contributed by atoms with van der Waals surface area (Å²) in [4.78, 5) is 13.9. The molecular formula is C13H19N3O2. The number of methoxy groups -OCH3 is 1. The van der Waals surface area contributed by atoms with Gasteiger partial charge in [-0.25, -0.2) is 0 Å². The molecule has 0 aliphatic carbocycles. The molecule has 1 unspecified atom stereocenters. The predicted octanol–water partition coefficient (Wildman–Crippen LogP) is 0.127. The number of hydrogen-bond donors (Lipinski definition) is 2. The lowest BCUT2D eigenvalue weighted by molar-refractivity contribution is -0.123. The maximum atomic E-state index is 11.8. The van der Waals surface area contributed by atoms with Crippen molar-refractivity contribution in [2.45, 2.75) is 6.04 Å². The minimum Gasteiger partial charge on any atom is -0.496 e. The predicted molar refractivity (Wildman–Crippen MR) is 69.4 cm³/mol. The van der Waals surface area contributed by atoms with Crippen molar-refractivity contribution in [3.8, 4) is 5.75 Å². The number of rotatable bonds is 4. The van der Waals surface area contributed by atoms with Crippen LogP contribution in [0, 0.1) is 0 Å². The van der Waals surface area contributed by atoms with E-state index in [9.17, 15) is 4.79 Å². The fraction of sp³-hybridized carbons (Fsp3) is 0.462. The highest BCUT2D eigenvalue weighted by Crippen LogP contribution is 2.29. The fourth-order valence-corrected chi connectivity index (χ4v) is 2.36. The van der Waals surface area contributed by atoms with Crippen LogP contribution in [-0.4, -0.2) is 44.1 Å². The molecule has 3 N–H and O–H groups in total. The molecule has 0 radical (unpaired) electrons. The number of piperazine rings is 1. The minimum atomic E-state index is -0.414. The second-order valence-electron chi connectivity index (χ2n) is 4.33. The summed E-state index contributed by atoms with van der Waals surface area (Å²) in [5, 5.41) is 3.26. The Morgan fingerprint density at radius 1 is 1.39 bits per heavy atom. The van der Waals surface area contributed by atoms with Gasteiger partial charge in [0.25, 0.3) is 0 Å². The highest BCUT2D eigenvalue weighted by molar-refractivity contribution is 5.82. The average Bonchev–Trinajstić information content (AvgIpc) is 2.40. The SMILES string of the molecule is COc1ccccc1C(C(N)=O)N1CCNCC1. The summed E-state index contributed by atoms with van der Waals surface area (Å²) in [6.07, 6.45) is 0. The van der Waals surface area contributed by atoms with E-state index in [1.807, 2.05) is 24.3 Å². The Morgan fingerprint density at radius 3 is 2.67 bits per heavy atom. The van der Waals surface area contributed by atoms with Gasteiger partial charge in [-0.15, -0.1) is 0 Å². The van der Waals surface area contributed by atoms with Gasteiger partial charge in [0.2, 0.25) is 5.91 Å². The van der Waals surface area contributed by atoms with E-state index in [1.165, 1.54) is 0 Å². The van der Waals surface area contributed by atoms with E-state index < -0.39 is 6.04 Å². The highest BCUT2D eigenvalue weighted by atomic mass is 16.5. The van der Waals surface area contributed by atoms with Crippen LogP contribution in [0.2, 0.25) is 0 Å². The van der Waals surface area contributed by atoms with Crippen molar-refractivity contribution in [3.05, 3.63) is 29.8 Å². The molecule has 1 aromatic carbocycles. The first-order valence-corrected chi connectivity index (χ1v) is 6.11. The highest BCUT2D eigenvalue weighted by Gasteiger charge is 2.28. The summed E-state index contributed by atoms with van der Waals surface area (Å²) in [5.74, 6) is 0.376. The lowest BCUT2D eigenvalue weighted by Crippen LogP contribution is -2.48. The minimum absolute atomic E-state index is 0.332. The normalized spacial score (nSPS) is 18.3. The molecule has 1 aliphatic heterocycles. The zero-order valence-corrected chi connectivity index (χ0v) is 10.6. The fourth-order valence-electron chi connectivity index (χ4n) is 2.36. The number of carbonyl (C=O) groups is 1. The summed E-state index contributed by atoms with van der Waals surface area (Å²) in [6, 6.07) is 7.13. The lowest BCUT2D eigenvalue weighted by Gasteiger charge is -2.33. The first-order chi connectivity index (χ1) is 8.74. The second kappa shape index (κ2) is 5.84. The van der Waals surface area contributed by atoms with Gasteiger partial charge in [0.15, 0.2) is 0 Å². The molecule has 0 saturated carbocycles. The van der Waals surface area contributed by atoms with Crippen molar-refractivity contribution in [1.82, 2.24) is 10.2 Å². The van der Waals surface area contributed by atoms with Gasteiger partial charge >= 0.3 is 0 Å². The number of carbonyl (C=O) groups excluding carboxylic acids is 1. The number of nitrogens with two attached hydrogens (primary N) is 1. The smallest absolute Gasteiger partial charge is 0.239 e. The third kappa shape index (κ3) is 2.63. The number of para-hydroxylation sites is 1. The van der Waals surface area contributed by atoms with E-state index in [-0.39, 0.29) is 5.91 Å². The second-order valence-corrected chi connectivity index (χ2v) is 4.33. The van der Waals surface area contributed by atoms with Crippen LogP contribution in [0.3, 0.4) is 0 Å². The molecule has 1 atom stereocenters. The van der Waals surface area contributed by atoms with Crippen LogP contribution in [0.15, 0.2) is 24.3 Å². The molecule has 98 valence electrons. The van der Waals surface area contributed by atoms with Gasteiger partial charge in [-0.05, 0) is 6.07 Å². The molecule has 0 aromatic heterocycles. The van der Waals surface area contributed by atoms with E-state index >= 15 is 0 Å². The molecule has 0 bridgehead atoms. The van der Waals surface area contributed by atoms with Crippen LogP contribution in [0.5, 0.6) is 5.75 Å². The van der Waals surface area contributed by atoms with Gasteiger partial charge in [-0.3, -0.25) is 9.69 Å². The van der Waals surface area contributed by atoms with E-state index in [4.69, 9.17) is 10.5 Å². The number of ether oxygens (including phenoxy) is 1. The summed E-state index contributed by atoms with van der Waals surface area (Å²) in [5.41, 5.74) is 6.41. The Kier molecular flexibility index (Phi) is 4.17. The van der Waals surface area contributed by atoms with Crippen LogP contribution in [-0.2, 0) is 4.79 Å². The Hall–Kier alpha value is -1.59. The van der Waals surface area contributed by atoms with E-state index in [0.717, 1.165) is 31.7 Å². The van der Waals surface area contributed by atoms with Gasteiger partial charge in [0, 0.05) is 31.7 Å². The molecule has 1 amide bonds. The van der Waals surface area contributed by atoms with Crippen molar-refractivity contribution in [1.29, 1.82) is 0 Å². The zero-order valence-electron chi connectivity index (χ0n) is 10.6. The number of benzene rings is 1. The van der Waals surface area contributed by atoms with Crippen molar-refractivity contribution in [2.24, 2.45) is 5.73 Å². The first-order valence-electron chi connectivity index (χ1n) is 6.11. The van der Waals surface area contributed by atoms with Crippen molar-refractivity contribution >= 4 is 5.91 Å². The van der Waals surface area contributed by atoms with Gasteiger partial charge in [-0.2, -0.15) is 0 Å². The molecule has 1 aliphatic rings. The van der Waals surface area contributed by atoms with Crippen LogP contribution < -0.4 is 15.8 Å². The van der Waals surface area contributed by atoms with Crippen LogP contribution in [0.1, 0.15) is 11.6 Å². The van der Waals surface area contributed by atoms with Crippen molar-refractivity contribution < 1.29 is 9.53 Å². The summed E-state index contributed by atoms with van der Waals surface area (Å²) in [6.45, 7) is 3.37. The van der Waals surface area contributed by atoms with Gasteiger partial charge in [-0.1, -0.05) is 18.2 Å². The van der Waals surface area contributed by atoms with Gasteiger partial charge < -0.3 is 15.8 Å². The van der Waals surface area contributed by atoms with Crippen LogP contribution >= 0.6 is 0 Å². The van der Waals surface area contributed by atoms with Crippen molar-refractivity contribution in [3.63, 3.8) is 0 Å². The van der Waals surface area contributed by atoms with Gasteiger partial charge in [0.1, 0.15) is 11.8 Å². The quantitative estimate of drug-likeness (QED) is 0.796. The molecule has 18 heavy (non-hydrogen) atoms. The molecule has 2 rings (SSSR count). The van der Waals surface area contributed by atoms with Crippen LogP contribution in [0.4, 0.5) is 0 Å². The van der Waals surface area contributed by atoms with E-state index in [0.29, 0.717) is 5.75 Å². The molecular weight excluding hydrogens is 230 g/mol. The Morgan fingerprint density at radius 2 is 2.06 bits per heavy atom. The third-order valence-electron chi connectivity index (χ3n) is 3.22. The number of nitrogens with one attached hydrogen (secondary N) is 1. The summed E-state index contributed by atoms with van der Waals surface area (Å²) >= 11 is 0. The maximum absolute atomic E-state index is 11.8. The number of hydrogen-bond acceptors (Lipinski definition) is 4. The van der Waals surface area contributed by atoms with E-state index in [2.05, 4.69) is 10.2 Å². The largest absolute Gasteiger partial charge is 0.496 e. The number of amides is 1. The third-order valence-corrected chi connectivity index (χ3v) is 3.22. The zero-order chi connectivity index (χ0) is 13.0. The van der Waals surface area contributed by atoms with E-state index in [1.54, 1.807) is 7.11 Å². The standard InChI is InChI=1S/C13H19N3O2/c1-18-11-5-3-2-4-10(11)12(13(14)17)16-8-6-15-7-9-16/h2-5,12,15H,6-9H2,1H3,(H2,14,17). The molecule has 5 heteroatoms. The molecule has 1 heterocycles.